The smallest absolute Gasteiger partial charge is 0.112 e. The maximum Gasteiger partial charge on any atom is 0.112 e. The minimum absolute atomic E-state index is 0.0642. The van der Waals surface area contributed by atoms with E-state index in [0.717, 1.165) is 6.42 Å². The number of hydrogen-bond donors (Lipinski definition) is 1. The second-order valence-corrected chi connectivity index (χ2v) is 3.55. The molecule has 0 amide bonds. The molecule has 0 bridgehead atoms. The van der Waals surface area contributed by atoms with Crippen LogP contribution < -0.4 is 0 Å². The zero-order valence-corrected chi connectivity index (χ0v) is 9.23. The third-order valence-corrected chi connectivity index (χ3v) is 2.43. The van der Waals surface area contributed by atoms with Gasteiger partial charge in [0.15, 0.2) is 0 Å². The monoisotopic (exact) mass is 196 g/mol. The van der Waals surface area contributed by atoms with Gasteiger partial charge in [0.05, 0.1) is 6.61 Å². The molecule has 1 saturated heterocycles. The second kappa shape index (κ2) is 5.32. The molecule has 3 atom stereocenters. The van der Waals surface area contributed by atoms with E-state index in [-0.39, 0.29) is 18.8 Å². The van der Waals surface area contributed by atoms with Crippen molar-refractivity contribution in [2.24, 2.45) is 5.92 Å². The van der Waals surface area contributed by atoms with Crippen LogP contribution >= 0.6 is 0 Å². The first-order valence-electron chi connectivity index (χ1n) is 5.46. The van der Waals surface area contributed by atoms with Gasteiger partial charge in [0.1, 0.15) is 12.2 Å². The lowest BCUT2D eigenvalue weighted by molar-refractivity contribution is 0.243. The van der Waals surface area contributed by atoms with Gasteiger partial charge >= 0.3 is 0 Å². The zero-order chi connectivity index (χ0) is 10.6. The molecule has 0 spiro atoms. The van der Waals surface area contributed by atoms with E-state index in [4.69, 9.17) is 9.84 Å². The number of aliphatic hydroxyl groups excluding tert-OH is 1. The summed E-state index contributed by atoms with van der Waals surface area (Å²) < 4.78 is 5.27. The first-order chi connectivity index (χ1) is 6.81. The highest BCUT2D eigenvalue weighted by atomic mass is 16.6. The van der Waals surface area contributed by atoms with Crippen LogP contribution in [0.2, 0.25) is 0 Å². The quantitative estimate of drug-likeness (QED) is 0.687. The predicted octanol–water partition coefficient (Wildman–Crippen LogP) is 2.29. The van der Waals surface area contributed by atoms with Crippen molar-refractivity contribution in [3.8, 4) is 0 Å². The zero-order valence-electron chi connectivity index (χ0n) is 9.23. The summed E-state index contributed by atoms with van der Waals surface area (Å²) in [5.74, 6) is 0.653. The molecule has 2 rings (SSSR count). The fraction of sp³-hybridized carbons (Fsp3) is 0.667. The van der Waals surface area contributed by atoms with Gasteiger partial charge in [-0.15, -0.1) is 0 Å². The average Bonchev–Trinajstić information content (AvgIpc) is 3.01. The van der Waals surface area contributed by atoms with Gasteiger partial charge in [0, 0.05) is 0 Å². The number of aliphatic hydroxyl groups is 1. The Morgan fingerprint density at radius 1 is 1.50 bits per heavy atom. The topological polar surface area (TPSA) is 32.8 Å². The Kier molecular flexibility index (Phi) is 4.36. The molecule has 1 fully saturated rings. The minimum Gasteiger partial charge on any atom is -0.394 e. The lowest BCUT2D eigenvalue weighted by Crippen LogP contribution is -2.04. The number of ether oxygens (including phenoxy) is 1. The van der Waals surface area contributed by atoms with E-state index in [0.29, 0.717) is 5.92 Å². The van der Waals surface area contributed by atoms with E-state index in [1.165, 1.54) is 5.57 Å². The summed E-state index contributed by atoms with van der Waals surface area (Å²) in [5, 5.41) is 8.78. The van der Waals surface area contributed by atoms with E-state index >= 15 is 0 Å². The Hall–Kier alpha value is -0.600. The van der Waals surface area contributed by atoms with Gasteiger partial charge in [0.2, 0.25) is 0 Å². The molecule has 0 aromatic carbocycles. The van der Waals surface area contributed by atoms with E-state index in [1.807, 2.05) is 13.8 Å². The minimum atomic E-state index is 0.0642. The predicted molar refractivity (Wildman–Crippen MR) is 58.1 cm³/mol. The van der Waals surface area contributed by atoms with E-state index in [2.05, 4.69) is 25.2 Å². The van der Waals surface area contributed by atoms with Crippen LogP contribution in [0.25, 0.3) is 0 Å². The van der Waals surface area contributed by atoms with Gasteiger partial charge in [-0.3, -0.25) is 0 Å². The number of allylic oxidation sites excluding steroid dienone is 2. The standard InChI is InChI=1S/C10H14O2.C2H6/c1-7-2-4-8(5-3-7)10-9(6-11)12-10;1-2/h2,4-5,7,9-11H,3,6H2,1H3;1-2H3. The third-order valence-electron chi connectivity index (χ3n) is 2.43. The molecule has 1 aliphatic carbocycles. The summed E-state index contributed by atoms with van der Waals surface area (Å²) in [6.07, 6.45) is 7.88. The van der Waals surface area contributed by atoms with Crippen LogP contribution in [0.4, 0.5) is 0 Å². The molecule has 0 saturated carbocycles. The van der Waals surface area contributed by atoms with Crippen LogP contribution in [-0.2, 0) is 4.74 Å². The summed E-state index contributed by atoms with van der Waals surface area (Å²) in [4.78, 5) is 0. The molecular weight excluding hydrogens is 176 g/mol. The summed E-state index contributed by atoms with van der Waals surface area (Å²) in [6, 6.07) is 0. The van der Waals surface area contributed by atoms with Crippen LogP contribution in [0.1, 0.15) is 27.2 Å². The van der Waals surface area contributed by atoms with Crippen LogP contribution in [0.15, 0.2) is 23.8 Å². The highest BCUT2D eigenvalue weighted by Gasteiger charge is 2.40. The molecule has 1 N–H and O–H groups in total. The molecule has 2 heteroatoms. The van der Waals surface area contributed by atoms with Crippen molar-refractivity contribution in [2.45, 2.75) is 39.4 Å². The molecule has 3 unspecified atom stereocenters. The SMILES string of the molecule is CC.CC1C=CC(C2OC2CO)=CC1. The van der Waals surface area contributed by atoms with Gasteiger partial charge in [-0.1, -0.05) is 39.0 Å². The van der Waals surface area contributed by atoms with E-state index < -0.39 is 0 Å². The Morgan fingerprint density at radius 2 is 2.21 bits per heavy atom. The molecule has 80 valence electrons. The van der Waals surface area contributed by atoms with Gasteiger partial charge in [-0.25, -0.2) is 0 Å². The first kappa shape index (κ1) is 11.5. The van der Waals surface area contributed by atoms with Crippen molar-refractivity contribution in [1.29, 1.82) is 0 Å². The average molecular weight is 196 g/mol. The fourth-order valence-electron chi connectivity index (χ4n) is 1.53. The van der Waals surface area contributed by atoms with Crippen molar-refractivity contribution in [2.75, 3.05) is 6.61 Å². The molecule has 0 aromatic rings. The lowest BCUT2D eigenvalue weighted by Gasteiger charge is -2.09. The maximum atomic E-state index is 8.78. The Bertz CT molecular complexity index is 230. The molecule has 2 nitrogen and oxygen atoms in total. The Balaban J connectivity index is 0.000000461. The Morgan fingerprint density at radius 3 is 2.64 bits per heavy atom. The largest absolute Gasteiger partial charge is 0.394 e. The van der Waals surface area contributed by atoms with Crippen molar-refractivity contribution < 1.29 is 9.84 Å². The van der Waals surface area contributed by atoms with Crippen LogP contribution in [0.3, 0.4) is 0 Å². The number of rotatable bonds is 2. The van der Waals surface area contributed by atoms with E-state index in [9.17, 15) is 0 Å². The highest BCUT2D eigenvalue weighted by molar-refractivity contribution is 5.31. The summed E-state index contributed by atoms with van der Waals surface area (Å²) in [6.45, 7) is 6.34. The molecule has 1 heterocycles. The van der Waals surface area contributed by atoms with Crippen molar-refractivity contribution in [3.05, 3.63) is 23.8 Å². The molecule has 0 aromatic heterocycles. The van der Waals surface area contributed by atoms with Crippen molar-refractivity contribution in [3.63, 3.8) is 0 Å². The molecular formula is C12H20O2. The Labute approximate surface area is 86.3 Å². The number of epoxide rings is 1. The normalized spacial score (nSPS) is 34.3. The van der Waals surface area contributed by atoms with E-state index in [1.54, 1.807) is 0 Å². The van der Waals surface area contributed by atoms with Crippen molar-refractivity contribution >= 4 is 0 Å². The molecule has 1 aliphatic heterocycles. The van der Waals surface area contributed by atoms with Gasteiger partial charge in [-0.05, 0) is 17.9 Å². The number of hydrogen-bond acceptors (Lipinski definition) is 2. The second-order valence-electron chi connectivity index (χ2n) is 3.55. The van der Waals surface area contributed by atoms with Crippen molar-refractivity contribution in [1.82, 2.24) is 0 Å². The van der Waals surface area contributed by atoms with Gasteiger partial charge < -0.3 is 9.84 Å². The fourth-order valence-corrected chi connectivity index (χ4v) is 1.53. The highest BCUT2D eigenvalue weighted by Crippen LogP contribution is 2.32. The van der Waals surface area contributed by atoms with Gasteiger partial charge in [0.25, 0.3) is 0 Å². The van der Waals surface area contributed by atoms with Crippen LogP contribution in [0.5, 0.6) is 0 Å². The summed E-state index contributed by atoms with van der Waals surface area (Å²) in [5.41, 5.74) is 1.24. The molecule has 2 aliphatic rings. The first-order valence-corrected chi connectivity index (χ1v) is 5.46. The van der Waals surface area contributed by atoms with Crippen LogP contribution in [0, 0.1) is 5.92 Å². The lowest BCUT2D eigenvalue weighted by atomic mass is 9.96. The van der Waals surface area contributed by atoms with Gasteiger partial charge in [-0.2, -0.15) is 0 Å². The molecule has 0 radical (unpaired) electrons. The third kappa shape index (κ3) is 2.69. The summed E-state index contributed by atoms with van der Waals surface area (Å²) in [7, 11) is 0. The summed E-state index contributed by atoms with van der Waals surface area (Å²) >= 11 is 0. The molecule has 14 heavy (non-hydrogen) atoms. The van der Waals surface area contributed by atoms with Crippen LogP contribution in [-0.4, -0.2) is 23.9 Å². The maximum absolute atomic E-state index is 8.78.